The topological polar surface area (TPSA) is 187 Å². The monoisotopic (exact) mass is 1010 g/mol. The van der Waals surface area contributed by atoms with Crippen LogP contribution in [0.25, 0.3) is 44.1 Å². The van der Waals surface area contributed by atoms with Crippen molar-refractivity contribution < 1.29 is 23.7 Å². The first kappa shape index (κ1) is 50.7. The first-order valence-corrected chi connectivity index (χ1v) is 25.7. The molecule has 17 heteroatoms. The molecule has 0 radical (unpaired) electrons. The van der Waals surface area contributed by atoms with Crippen LogP contribution in [0.5, 0.6) is 11.5 Å². The Morgan fingerprint density at radius 2 is 0.933 bits per heavy atom. The molecular weight excluding hydrogens is 945 g/mol. The second-order valence-corrected chi connectivity index (χ2v) is 18.8. The first-order valence-electron chi connectivity index (χ1n) is 25.7. The van der Waals surface area contributed by atoms with Gasteiger partial charge in [0.05, 0.1) is 50.7 Å². The highest BCUT2D eigenvalue weighted by Crippen LogP contribution is 2.35. The van der Waals surface area contributed by atoms with Crippen LogP contribution in [0.1, 0.15) is 0 Å². The third-order valence-corrected chi connectivity index (χ3v) is 13.4. The Morgan fingerprint density at radius 3 is 1.39 bits per heavy atom. The summed E-state index contributed by atoms with van der Waals surface area (Å²) in [6.45, 7) is 13.1. The van der Waals surface area contributed by atoms with Crippen molar-refractivity contribution in [3.63, 3.8) is 0 Å². The molecule has 2 aromatic heterocycles. The van der Waals surface area contributed by atoms with Crippen LogP contribution in [0.15, 0.2) is 133 Å². The summed E-state index contributed by atoms with van der Waals surface area (Å²) in [5.74, 6) is 3.46. The lowest BCUT2D eigenvalue weighted by Gasteiger charge is -2.28. The number of benzene rings is 6. The smallest absolute Gasteiger partial charge is 0.229 e. The van der Waals surface area contributed by atoms with E-state index in [1.54, 1.807) is 0 Å². The molecule has 8 aromatic rings. The van der Waals surface area contributed by atoms with Gasteiger partial charge in [-0.1, -0.05) is 48.5 Å². The van der Waals surface area contributed by atoms with Crippen molar-refractivity contribution in [2.45, 2.75) is 0 Å². The second kappa shape index (κ2) is 24.5. The van der Waals surface area contributed by atoms with Crippen molar-refractivity contribution in [2.24, 2.45) is 0 Å². The van der Waals surface area contributed by atoms with Crippen molar-refractivity contribution in [3.8, 4) is 33.8 Å². The van der Waals surface area contributed by atoms with Gasteiger partial charge in [-0.15, -0.1) is 0 Å². The van der Waals surface area contributed by atoms with Crippen molar-refractivity contribution in [3.05, 3.63) is 133 Å². The van der Waals surface area contributed by atoms with E-state index in [1.165, 1.54) is 11.4 Å². The van der Waals surface area contributed by atoms with Gasteiger partial charge >= 0.3 is 0 Å². The number of hydrogen-bond donors (Lipinski definition) is 4. The maximum Gasteiger partial charge on any atom is 0.229 e. The van der Waals surface area contributed by atoms with E-state index >= 15 is 0 Å². The standard InChI is InChI=1S/C30H34N6O3.C28H32N6O2/c31-29-27-6-2-5-26(22-3-1-4-25(21-22)39-20-13-35-11-16-37-17-12-35)28(27)33-30(34-29)32-23-7-9-24(10-8-23)36-14-18-38-19-15-36;1-33(2)13-18-36-23-6-3-5-20(19-23)24-7-4-8-25-26(24)31-28(32-27(25)29)30-21-9-11-22(12-10-21)34-14-16-35-17-15-34/h1-10,21H,11-20H2,(H3,31,32,33,34);3-12,19H,13-18H2,1-2H3,(H3,29,30,31,32). The van der Waals surface area contributed by atoms with Crippen LogP contribution in [-0.4, -0.2) is 149 Å². The van der Waals surface area contributed by atoms with Gasteiger partial charge in [-0.05, 0) is 110 Å². The van der Waals surface area contributed by atoms with Gasteiger partial charge in [0, 0.05) is 97.0 Å². The summed E-state index contributed by atoms with van der Waals surface area (Å²) in [7, 11) is 4.06. The van der Waals surface area contributed by atoms with E-state index in [9.17, 15) is 0 Å². The predicted octanol–water partition coefficient (Wildman–Crippen LogP) is 8.57. The molecule has 0 unspecified atom stereocenters. The number of para-hydroxylation sites is 2. The summed E-state index contributed by atoms with van der Waals surface area (Å²) in [6, 6.07) is 44.8. The molecule has 11 rings (SSSR count). The van der Waals surface area contributed by atoms with E-state index in [1.807, 2.05) is 93.0 Å². The molecule has 6 N–H and O–H groups in total. The number of nitrogen functional groups attached to an aromatic ring is 2. The number of nitrogens with one attached hydrogen (secondary N) is 2. The maximum atomic E-state index is 6.40. The van der Waals surface area contributed by atoms with E-state index in [4.69, 9.17) is 45.1 Å². The molecule has 3 saturated heterocycles. The molecule has 0 spiro atoms. The zero-order chi connectivity index (χ0) is 51.3. The van der Waals surface area contributed by atoms with Crippen molar-refractivity contribution in [2.75, 3.05) is 151 Å². The largest absolute Gasteiger partial charge is 0.492 e. The summed E-state index contributed by atoms with van der Waals surface area (Å²) < 4.78 is 28.4. The third kappa shape index (κ3) is 13.1. The Labute approximate surface area is 438 Å². The lowest BCUT2D eigenvalue weighted by molar-refractivity contribution is 0.0322. The molecule has 3 aliphatic heterocycles. The number of nitrogens with two attached hydrogens (primary N) is 2. The third-order valence-electron chi connectivity index (χ3n) is 13.4. The molecule has 75 heavy (non-hydrogen) atoms. The summed E-state index contributed by atoms with van der Waals surface area (Å²) in [5.41, 5.74) is 22.5. The van der Waals surface area contributed by atoms with Crippen LogP contribution in [0.4, 0.5) is 46.3 Å². The molecule has 3 fully saturated rings. The van der Waals surface area contributed by atoms with Crippen LogP contribution >= 0.6 is 0 Å². The molecule has 6 aromatic carbocycles. The van der Waals surface area contributed by atoms with Gasteiger partial charge in [-0.2, -0.15) is 9.97 Å². The Balaban J connectivity index is 0.000000172. The Kier molecular flexibility index (Phi) is 16.6. The van der Waals surface area contributed by atoms with Crippen LogP contribution < -0.4 is 41.4 Å². The molecule has 0 aliphatic carbocycles. The van der Waals surface area contributed by atoms with Crippen LogP contribution in [0, 0.1) is 0 Å². The maximum absolute atomic E-state index is 6.40. The van der Waals surface area contributed by atoms with Gasteiger partial charge in [0.25, 0.3) is 0 Å². The quantitative estimate of drug-likeness (QED) is 0.0720. The Hall–Kier alpha value is -7.80. The van der Waals surface area contributed by atoms with Gasteiger partial charge in [0.15, 0.2) is 0 Å². The van der Waals surface area contributed by atoms with Gasteiger partial charge in [-0.25, -0.2) is 9.97 Å². The molecule has 0 atom stereocenters. The fourth-order valence-corrected chi connectivity index (χ4v) is 9.31. The number of morpholine rings is 3. The Morgan fingerprint density at radius 1 is 0.507 bits per heavy atom. The van der Waals surface area contributed by atoms with Gasteiger partial charge in [-0.3, -0.25) is 4.90 Å². The fraction of sp³-hybridized carbons (Fsp3) is 0.310. The minimum atomic E-state index is 0.437. The van der Waals surface area contributed by atoms with Crippen molar-refractivity contribution in [1.29, 1.82) is 0 Å². The number of hydrogen-bond acceptors (Lipinski definition) is 17. The van der Waals surface area contributed by atoms with Gasteiger partial charge in [0.2, 0.25) is 11.9 Å². The SMILES string of the molecule is CN(C)CCOc1cccc(-c2cccc3c(N)nc(Nc4ccc(N5CCOCC5)cc4)nc23)c1.Nc1nc(Nc2ccc(N3CCOCC3)cc2)nc2c(-c3cccc(OCCN4CCOCC4)c3)cccc12. The molecule has 0 bridgehead atoms. The summed E-state index contributed by atoms with van der Waals surface area (Å²) in [5, 5.41) is 8.29. The van der Waals surface area contributed by atoms with E-state index in [0.29, 0.717) is 36.7 Å². The zero-order valence-corrected chi connectivity index (χ0v) is 42.8. The summed E-state index contributed by atoms with van der Waals surface area (Å²) >= 11 is 0. The predicted molar refractivity (Wildman–Crippen MR) is 301 cm³/mol. The number of ether oxygens (including phenoxy) is 5. The molecule has 0 saturated carbocycles. The average Bonchev–Trinajstić information content (AvgIpc) is 3.44. The highest BCUT2D eigenvalue weighted by atomic mass is 16.5. The molecule has 388 valence electrons. The highest BCUT2D eigenvalue weighted by Gasteiger charge is 2.17. The minimum Gasteiger partial charge on any atom is -0.492 e. The van der Waals surface area contributed by atoms with Crippen LogP contribution in [0.3, 0.4) is 0 Å². The van der Waals surface area contributed by atoms with E-state index in [0.717, 1.165) is 159 Å². The normalized spacial score (nSPS) is 15.1. The lowest BCUT2D eigenvalue weighted by atomic mass is 10.0. The van der Waals surface area contributed by atoms with Crippen LogP contribution in [0.2, 0.25) is 0 Å². The highest BCUT2D eigenvalue weighted by molar-refractivity contribution is 6.00. The fourth-order valence-electron chi connectivity index (χ4n) is 9.31. The van der Waals surface area contributed by atoms with E-state index < -0.39 is 0 Å². The number of fused-ring (bicyclic) bond motifs is 2. The molecule has 3 aliphatic rings. The number of likely N-dealkylation sites (N-methyl/N-ethyl adjacent to an activating group) is 1. The zero-order valence-electron chi connectivity index (χ0n) is 42.8. The Bertz CT molecular complexity index is 3140. The summed E-state index contributed by atoms with van der Waals surface area (Å²) in [6.07, 6.45) is 0. The first-order chi connectivity index (χ1) is 36.8. The number of aromatic nitrogens is 4. The lowest BCUT2D eigenvalue weighted by Crippen LogP contribution is -2.38. The number of anilines is 8. The average molecular weight is 1010 g/mol. The number of nitrogens with zero attached hydrogens (tertiary/aromatic N) is 8. The van der Waals surface area contributed by atoms with Crippen molar-refractivity contribution in [1.82, 2.24) is 29.7 Å². The van der Waals surface area contributed by atoms with E-state index in [-0.39, 0.29) is 0 Å². The summed E-state index contributed by atoms with van der Waals surface area (Å²) in [4.78, 5) is 27.9. The van der Waals surface area contributed by atoms with Gasteiger partial charge in [0.1, 0.15) is 36.3 Å². The molecule has 17 nitrogen and oxygen atoms in total. The molecule has 5 heterocycles. The number of rotatable bonds is 16. The molecular formula is C58H66N12O5. The van der Waals surface area contributed by atoms with Gasteiger partial charge < -0.3 is 60.5 Å². The molecule has 0 amide bonds. The van der Waals surface area contributed by atoms with Crippen molar-refractivity contribution >= 4 is 68.1 Å². The minimum absolute atomic E-state index is 0.437. The second-order valence-electron chi connectivity index (χ2n) is 18.8. The van der Waals surface area contributed by atoms with Crippen LogP contribution in [-0.2, 0) is 14.2 Å². The van der Waals surface area contributed by atoms with E-state index in [2.05, 4.69) is 94.8 Å².